The Morgan fingerprint density at radius 2 is 2.00 bits per heavy atom. The van der Waals surface area contributed by atoms with Crippen molar-refractivity contribution in [2.75, 3.05) is 6.54 Å². The number of aromatic nitrogens is 3. The van der Waals surface area contributed by atoms with Gasteiger partial charge in [0.2, 0.25) is 0 Å². The SMILES string of the molecule is Cc1nn(C)c2nc(-c3ccco3)cc(C(=O)NCCc3ccccc3)c12. The highest BCUT2D eigenvalue weighted by Crippen LogP contribution is 2.27. The molecule has 0 spiro atoms. The summed E-state index contributed by atoms with van der Waals surface area (Å²) >= 11 is 0. The first-order valence-corrected chi connectivity index (χ1v) is 8.84. The van der Waals surface area contributed by atoms with Crippen LogP contribution >= 0.6 is 0 Å². The third-order valence-electron chi connectivity index (χ3n) is 4.53. The Balaban J connectivity index is 1.66. The van der Waals surface area contributed by atoms with Gasteiger partial charge in [0.25, 0.3) is 5.91 Å². The van der Waals surface area contributed by atoms with Crippen molar-refractivity contribution in [2.24, 2.45) is 7.05 Å². The Morgan fingerprint density at radius 1 is 1.19 bits per heavy atom. The Hall–Kier alpha value is -3.41. The second kappa shape index (κ2) is 7.07. The molecule has 4 aromatic rings. The molecule has 0 unspecified atom stereocenters. The number of carbonyl (C=O) groups is 1. The number of hydrogen-bond donors (Lipinski definition) is 1. The molecule has 0 fully saturated rings. The van der Waals surface area contributed by atoms with Crippen LogP contribution in [-0.4, -0.2) is 27.2 Å². The Kier molecular flexibility index (Phi) is 4.46. The maximum Gasteiger partial charge on any atom is 0.252 e. The molecule has 0 aliphatic carbocycles. The fraction of sp³-hybridized carbons (Fsp3) is 0.190. The van der Waals surface area contributed by atoms with Crippen molar-refractivity contribution in [1.82, 2.24) is 20.1 Å². The summed E-state index contributed by atoms with van der Waals surface area (Å²) in [5.74, 6) is 0.483. The normalized spacial score (nSPS) is 11.0. The highest BCUT2D eigenvalue weighted by atomic mass is 16.3. The molecule has 1 N–H and O–H groups in total. The molecule has 1 aromatic carbocycles. The highest BCUT2D eigenvalue weighted by Gasteiger charge is 2.19. The van der Waals surface area contributed by atoms with Crippen LogP contribution in [0.4, 0.5) is 0 Å². The highest BCUT2D eigenvalue weighted by molar-refractivity contribution is 6.07. The van der Waals surface area contributed by atoms with Crippen LogP contribution in [0.25, 0.3) is 22.5 Å². The van der Waals surface area contributed by atoms with Gasteiger partial charge >= 0.3 is 0 Å². The zero-order chi connectivity index (χ0) is 18.8. The zero-order valence-electron chi connectivity index (χ0n) is 15.3. The number of hydrogen-bond acceptors (Lipinski definition) is 4. The minimum Gasteiger partial charge on any atom is -0.463 e. The van der Waals surface area contributed by atoms with Gasteiger partial charge in [0.05, 0.1) is 22.9 Å². The number of furan rings is 1. The van der Waals surface area contributed by atoms with E-state index in [1.54, 1.807) is 23.1 Å². The molecule has 3 aromatic heterocycles. The van der Waals surface area contributed by atoms with E-state index in [0.29, 0.717) is 29.2 Å². The van der Waals surface area contributed by atoms with Crippen LogP contribution in [0, 0.1) is 6.92 Å². The third-order valence-corrected chi connectivity index (χ3v) is 4.53. The number of pyridine rings is 1. The average molecular weight is 360 g/mol. The van der Waals surface area contributed by atoms with Gasteiger partial charge in [-0.15, -0.1) is 0 Å². The van der Waals surface area contributed by atoms with E-state index in [2.05, 4.69) is 27.5 Å². The van der Waals surface area contributed by atoms with E-state index >= 15 is 0 Å². The lowest BCUT2D eigenvalue weighted by molar-refractivity contribution is 0.0955. The van der Waals surface area contributed by atoms with E-state index < -0.39 is 0 Å². The molecule has 0 saturated carbocycles. The second-order valence-electron chi connectivity index (χ2n) is 6.43. The lowest BCUT2D eigenvalue weighted by atomic mass is 10.1. The predicted octanol–water partition coefficient (Wildman–Crippen LogP) is 3.51. The second-order valence-corrected chi connectivity index (χ2v) is 6.43. The maximum atomic E-state index is 12.9. The van der Waals surface area contributed by atoms with Gasteiger partial charge in [-0.2, -0.15) is 5.10 Å². The van der Waals surface area contributed by atoms with Crippen LogP contribution in [0.2, 0.25) is 0 Å². The lowest BCUT2D eigenvalue weighted by Crippen LogP contribution is -2.26. The van der Waals surface area contributed by atoms with Gasteiger partial charge in [-0.1, -0.05) is 30.3 Å². The van der Waals surface area contributed by atoms with Crippen LogP contribution < -0.4 is 5.32 Å². The molecule has 0 aliphatic heterocycles. The largest absolute Gasteiger partial charge is 0.463 e. The first-order valence-electron chi connectivity index (χ1n) is 8.84. The molecule has 136 valence electrons. The number of benzene rings is 1. The molecular formula is C21H20N4O2. The summed E-state index contributed by atoms with van der Waals surface area (Å²) in [4.78, 5) is 17.6. The van der Waals surface area contributed by atoms with E-state index in [0.717, 1.165) is 17.5 Å². The van der Waals surface area contributed by atoms with Gasteiger partial charge < -0.3 is 9.73 Å². The average Bonchev–Trinajstić information content (AvgIpc) is 3.31. The predicted molar refractivity (Wildman–Crippen MR) is 103 cm³/mol. The summed E-state index contributed by atoms with van der Waals surface area (Å²) in [6.45, 7) is 2.44. The van der Waals surface area contributed by atoms with Gasteiger partial charge in [0.1, 0.15) is 5.69 Å². The van der Waals surface area contributed by atoms with Crippen LogP contribution in [0.3, 0.4) is 0 Å². The summed E-state index contributed by atoms with van der Waals surface area (Å²) in [5.41, 5.74) is 3.80. The molecule has 6 heteroatoms. The molecule has 0 bridgehead atoms. The minimum absolute atomic E-state index is 0.137. The summed E-state index contributed by atoms with van der Waals surface area (Å²) in [5, 5.41) is 8.21. The first kappa shape index (κ1) is 17.0. The van der Waals surface area contributed by atoms with Crippen molar-refractivity contribution in [2.45, 2.75) is 13.3 Å². The van der Waals surface area contributed by atoms with Gasteiger partial charge in [0.15, 0.2) is 11.4 Å². The topological polar surface area (TPSA) is 73.0 Å². The number of rotatable bonds is 5. The van der Waals surface area contributed by atoms with Crippen LogP contribution in [0.15, 0.2) is 59.2 Å². The van der Waals surface area contributed by atoms with E-state index in [1.807, 2.05) is 38.2 Å². The molecule has 0 atom stereocenters. The van der Waals surface area contributed by atoms with Gasteiger partial charge in [-0.05, 0) is 37.1 Å². The van der Waals surface area contributed by atoms with Crippen molar-refractivity contribution >= 4 is 16.9 Å². The van der Waals surface area contributed by atoms with E-state index in [4.69, 9.17) is 4.42 Å². The van der Waals surface area contributed by atoms with Crippen molar-refractivity contribution in [3.8, 4) is 11.5 Å². The maximum absolute atomic E-state index is 12.9. The summed E-state index contributed by atoms with van der Waals surface area (Å²) in [7, 11) is 1.82. The van der Waals surface area contributed by atoms with Crippen LogP contribution in [0.5, 0.6) is 0 Å². The smallest absolute Gasteiger partial charge is 0.252 e. The van der Waals surface area contributed by atoms with Crippen molar-refractivity contribution in [1.29, 1.82) is 0 Å². The fourth-order valence-corrected chi connectivity index (χ4v) is 3.23. The molecule has 4 rings (SSSR count). The number of carbonyl (C=O) groups excluding carboxylic acids is 1. The number of nitrogens with one attached hydrogen (secondary N) is 1. The monoisotopic (exact) mass is 360 g/mol. The number of amides is 1. The quantitative estimate of drug-likeness (QED) is 0.591. The number of aryl methyl sites for hydroxylation is 2. The van der Waals surface area contributed by atoms with E-state index in [-0.39, 0.29) is 5.91 Å². The molecule has 0 aliphatic rings. The minimum atomic E-state index is -0.137. The fourth-order valence-electron chi connectivity index (χ4n) is 3.23. The first-order chi connectivity index (χ1) is 13.1. The molecule has 0 radical (unpaired) electrons. The van der Waals surface area contributed by atoms with Crippen LogP contribution in [0.1, 0.15) is 21.6 Å². The Labute approximate surface area is 156 Å². The molecule has 27 heavy (non-hydrogen) atoms. The summed E-state index contributed by atoms with van der Waals surface area (Å²) in [6.07, 6.45) is 2.37. The zero-order valence-corrected chi connectivity index (χ0v) is 15.3. The molecule has 1 amide bonds. The summed E-state index contributed by atoms with van der Waals surface area (Å²) < 4.78 is 7.16. The molecular weight excluding hydrogens is 340 g/mol. The van der Waals surface area contributed by atoms with Gasteiger partial charge in [-0.3, -0.25) is 9.48 Å². The Bertz CT molecular complexity index is 1080. The number of fused-ring (bicyclic) bond motifs is 1. The summed E-state index contributed by atoms with van der Waals surface area (Å²) in [6, 6.07) is 15.5. The van der Waals surface area contributed by atoms with E-state index in [9.17, 15) is 4.79 Å². The Morgan fingerprint density at radius 3 is 2.74 bits per heavy atom. The van der Waals surface area contributed by atoms with Crippen molar-refractivity contribution in [3.05, 3.63) is 71.6 Å². The lowest BCUT2D eigenvalue weighted by Gasteiger charge is -2.08. The van der Waals surface area contributed by atoms with Gasteiger partial charge in [0, 0.05) is 13.6 Å². The van der Waals surface area contributed by atoms with E-state index in [1.165, 1.54) is 5.56 Å². The van der Waals surface area contributed by atoms with Crippen molar-refractivity contribution < 1.29 is 9.21 Å². The molecule has 0 saturated heterocycles. The van der Waals surface area contributed by atoms with Crippen molar-refractivity contribution in [3.63, 3.8) is 0 Å². The van der Waals surface area contributed by atoms with Crippen LogP contribution in [-0.2, 0) is 13.5 Å². The van der Waals surface area contributed by atoms with Gasteiger partial charge in [-0.25, -0.2) is 4.98 Å². The number of nitrogens with zero attached hydrogens (tertiary/aromatic N) is 3. The standard InChI is InChI=1S/C21H20N4O2/c1-14-19-16(21(26)22-11-10-15-7-4-3-5-8-15)13-17(18-9-6-12-27-18)23-20(19)25(2)24-14/h3-9,12-13H,10-11H2,1-2H3,(H,22,26). The molecule has 3 heterocycles. The third kappa shape index (κ3) is 3.33. The molecule has 6 nitrogen and oxygen atoms in total.